The number of carbonyl (C=O) groups is 4. The van der Waals surface area contributed by atoms with Crippen LogP contribution in [0, 0.1) is 11.8 Å². The van der Waals surface area contributed by atoms with E-state index in [1.54, 1.807) is 32.1 Å². The number of likely N-dealkylation sites (N-methyl/N-ethyl adjacent to an activating group) is 1. The summed E-state index contributed by atoms with van der Waals surface area (Å²) in [6.45, 7) is 8.72. The lowest BCUT2D eigenvalue weighted by molar-refractivity contribution is -0.120. The molecular formula is C34H50N4O8. The molecule has 2 heterocycles. The molecule has 3 rings (SSSR count). The average molecular weight is 643 g/mol. The van der Waals surface area contributed by atoms with E-state index >= 15 is 0 Å². The zero-order valence-corrected chi connectivity index (χ0v) is 28.0. The van der Waals surface area contributed by atoms with Crippen LogP contribution in [0.3, 0.4) is 0 Å². The van der Waals surface area contributed by atoms with Crippen LogP contribution in [0.4, 0.5) is 4.79 Å². The molecule has 0 radical (unpaired) electrons. The van der Waals surface area contributed by atoms with Crippen molar-refractivity contribution in [2.45, 2.75) is 83.8 Å². The van der Waals surface area contributed by atoms with E-state index in [1.807, 2.05) is 25.8 Å². The van der Waals surface area contributed by atoms with E-state index in [0.717, 1.165) is 25.9 Å². The number of hydrogen-bond acceptors (Lipinski definition) is 10. The van der Waals surface area contributed by atoms with Gasteiger partial charge in [0, 0.05) is 50.4 Å². The monoisotopic (exact) mass is 642 g/mol. The summed E-state index contributed by atoms with van der Waals surface area (Å²) in [5, 5.41) is 17.3. The highest BCUT2D eigenvalue weighted by Gasteiger charge is 2.36. The minimum absolute atomic E-state index is 0.0806. The van der Waals surface area contributed by atoms with Gasteiger partial charge in [-0.15, -0.1) is 0 Å². The molecule has 12 heteroatoms. The molecule has 5 N–H and O–H groups in total. The van der Waals surface area contributed by atoms with Crippen molar-refractivity contribution in [3.05, 3.63) is 58.5 Å². The van der Waals surface area contributed by atoms with Crippen molar-refractivity contribution in [1.82, 2.24) is 15.5 Å². The molecule has 1 saturated heterocycles. The Morgan fingerprint density at radius 3 is 2.37 bits per heavy atom. The second-order valence-electron chi connectivity index (χ2n) is 12.5. The normalized spacial score (nSPS) is 32.4. The summed E-state index contributed by atoms with van der Waals surface area (Å²) in [5.74, 6) is -1.93. The van der Waals surface area contributed by atoms with Crippen LogP contribution < -0.4 is 16.4 Å². The molecule has 1 aliphatic carbocycles. The molecule has 2 bridgehead atoms. The third-order valence-electron chi connectivity index (χ3n) is 8.97. The van der Waals surface area contributed by atoms with Gasteiger partial charge in [-0.25, -0.2) is 4.79 Å². The summed E-state index contributed by atoms with van der Waals surface area (Å²) in [6, 6.07) is 0.0806. The van der Waals surface area contributed by atoms with Crippen LogP contribution in [0.5, 0.6) is 0 Å². The number of methoxy groups -OCH3 is 2. The standard InChI is InChI=1S/C34H50N4O8/c1-19-15-24-29(38(5)23-11-13-36-14-12-23)26(39)18-25(31(24)41)37-33(42)20(2)9-8-10-27(44-6)32(46-34(35)43)22(4)17-21(3)30(40)28(16-19)45-7/h8-10,17-19,21,23,27-28,30,32,36,40H,11-16H2,1-7H3,(H2,35,43)(H,37,42)/b10-8-,20-9+,22-17+/t19-,21+,27+,28+,30-,32+/m1/s1. The molecule has 0 aromatic heterocycles. The highest BCUT2D eigenvalue weighted by molar-refractivity contribution is 6.23. The predicted molar refractivity (Wildman–Crippen MR) is 173 cm³/mol. The largest absolute Gasteiger partial charge is 0.439 e. The number of aliphatic hydroxyl groups excluding tert-OH is 1. The maximum absolute atomic E-state index is 14.0. The Labute approximate surface area is 271 Å². The van der Waals surface area contributed by atoms with Crippen molar-refractivity contribution in [3.63, 3.8) is 0 Å². The van der Waals surface area contributed by atoms with Crippen LogP contribution in [0.2, 0.25) is 0 Å². The molecule has 0 saturated carbocycles. The number of primary amides is 1. The van der Waals surface area contributed by atoms with E-state index in [2.05, 4.69) is 10.6 Å². The third-order valence-corrected chi connectivity index (χ3v) is 8.97. The maximum atomic E-state index is 14.0. The molecule has 0 unspecified atom stereocenters. The van der Waals surface area contributed by atoms with Crippen LogP contribution >= 0.6 is 0 Å². The third kappa shape index (κ3) is 9.25. The van der Waals surface area contributed by atoms with Gasteiger partial charge < -0.3 is 40.6 Å². The number of aliphatic hydroxyl groups is 1. The second-order valence-corrected chi connectivity index (χ2v) is 12.5. The first-order valence-electron chi connectivity index (χ1n) is 15.8. The maximum Gasteiger partial charge on any atom is 0.405 e. The molecule has 0 spiro atoms. The predicted octanol–water partition coefficient (Wildman–Crippen LogP) is 2.45. The minimum Gasteiger partial charge on any atom is -0.439 e. The number of ketones is 2. The number of fused-ring (bicyclic) bond motifs is 2. The van der Waals surface area contributed by atoms with Crippen molar-refractivity contribution in [2.24, 2.45) is 17.6 Å². The number of amides is 2. The van der Waals surface area contributed by atoms with Crippen LogP contribution in [-0.2, 0) is 28.6 Å². The lowest BCUT2D eigenvalue weighted by Gasteiger charge is -2.36. The number of nitrogens with zero attached hydrogens (tertiary/aromatic N) is 1. The van der Waals surface area contributed by atoms with Crippen molar-refractivity contribution < 1.29 is 38.5 Å². The van der Waals surface area contributed by atoms with E-state index in [9.17, 15) is 24.3 Å². The molecule has 2 amide bonds. The molecule has 254 valence electrons. The highest BCUT2D eigenvalue weighted by Crippen LogP contribution is 2.32. The Bertz CT molecular complexity index is 1310. The number of rotatable bonds is 5. The first-order chi connectivity index (χ1) is 21.8. The topological polar surface area (TPSA) is 170 Å². The van der Waals surface area contributed by atoms with Gasteiger partial charge in [-0.1, -0.05) is 38.2 Å². The zero-order chi connectivity index (χ0) is 34.1. The quantitative estimate of drug-likeness (QED) is 0.258. The van der Waals surface area contributed by atoms with E-state index in [4.69, 9.17) is 19.9 Å². The van der Waals surface area contributed by atoms with Gasteiger partial charge in [0.1, 0.15) is 6.10 Å². The van der Waals surface area contributed by atoms with Crippen LogP contribution in [0.1, 0.15) is 53.4 Å². The smallest absolute Gasteiger partial charge is 0.405 e. The Balaban J connectivity index is 2.09. The van der Waals surface area contributed by atoms with Crippen molar-refractivity contribution in [2.75, 3.05) is 34.4 Å². The van der Waals surface area contributed by atoms with Gasteiger partial charge in [0.05, 0.1) is 23.6 Å². The van der Waals surface area contributed by atoms with Crippen molar-refractivity contribution >= 4 is 23.6 Å². The molecule has 0 aromatic rings. The molecule has 0 aromatic carbocycles. The first-order valence-corrected chi connectivity index (χ1v) is 15.8. The van der Waals surface area contributed by atoms with Gasteiger partial charge >= 0.3 is 6.09 Å². The van der Waals surface area contributed by atoms with Gasteiger partial charge in [0.2, 0.25) is 11.6 Å². The van der Waals surface area contributed by atoms with E-state index in [-0.39, 0.29) is 35.4 Å². The number of carbonyl (C=O) groups excluding carboxylic acids is 4. The van der Waals surface area contributed by atoms with Gasteiger partial charge in [-0.2, -0.15) is 0 Å². The Morgan fingerprint density at radius 1 is 1.09 bits per heavy atom. The molecule has 6 atom stereocenters. The van der Waals surface area contributed by atoms with Crippen LogP contribution in [-0.4, -0.2) is 98.4 Å². The van der Waals surface area contributed by atoms with E-state index < -0.39 is 48.1 Å². The fraction of sp³-hybridized carbons (Fsp3) is 0.588. The SMILES string of the molecule is CO[C@H]1/C=C\C=C(/C)C(=O)NC2=CC(=O)C(N(C)C3CCNCC3)=C(C[C@@H](C)C[C@H](OC)[C@H](O)[C@@H](C)/C=C(\C)[C@@H]1OC(N)=O)C2=O. The molecular weight excluding hydrogens is 592 g/mol. The van der Waals surface area contributed by atoms with Crippen LogP contribution in [0.25, 0.3) is 0 Å². The Morgan fingerprint density at radius 2 is 1.76 bits per heavy atom. The number of allylic oxidation sites excluding steroid dienone is 4. The molecule has 3 aliphatic rings. The van der Waals surface area contributed by atoms with Crippen molar-refractivity contribution in [1.29, 1.82) is 0 Å². The summed E-state index contributed by atoms with van der Waals surface area (Å²) in [5.41, 5.74) is 6.83. The molecule has 46 heavy (non-hydrogen) atoms. The summed E-state index contributed by atoms with van der Waals surface area (Å²) in [7, 11) is 4.81. The Hall–Kier alpha value is -3.58. The number of nitrogens with two attached hydrogens (primary N) is 1. The van der Waals surface area contributed by atoms with Crippen LogP contribution in [0.15, 0.2) is 58.5 Å². The summed E-state index contributed by atoms with van der Waals surface area (Å²) in [6.07, 6.45) is 5.71. The number of hydrogen-bond donors (Lipinski definition) is 4. The summed E-state index contributed by atoms with van der Waals surface area (Å²) in [4.78, 5) is 54.6. The highest BCUT2D eigenvalue weighted by atomic mass is 16.6. The van der Waals surface area contributed by atoms with Gasteiger partial charge in [0.15, 0.2) is 6.10 Å². The van der Waals surface area contributed by atoms with E-state index in [0.29, 0.717) is 23.3 Å². The molecule has 2 aliphatic heterocycles. The zero-order valence-electron chi connectivity index (χ0n) is 28.0. The lowest BCUT2D eigenvalue weighted by atomic mass is 9.84. The average Bonchev–Trinajstić information content (AvgIpc) is 3.02. The lowest BCUT2D eigenvalue weighted by Crippen LogP contribution is -2.44. The number of piperidine rings is 1. The second kappa shape index (κ2) is 16.8. The molecule has 1 fully saturated rings. The van der Waals surface area contributed by atoms with E-state index in [1.165, 1.54) is 26.4 Å². The first kappa shape index (κ1) is 36.9. The minimum atomic E-state index is -0.993. The van der Waals surface area contributed by atoms with Gasteiger partial charge in [-0.05, 0) is 64.1 Å². The van der Waals surface area contributed by atoms with Gasteiger partial charge in [0.25, 0.3) is 5.91 Å². The fourth-order valence-corrected chi connectivity index (χ4v) is 6.33. The number of ether oxygens (including phenoxy) is 3. The number of Topliss-reactive ketones (excluding diaryl/α,β-unsaturated/α-hetero) is 1. The molecule has 12 nitrogen and oxygen atoms in total. The van der Waals surface area contributed by atoms with Crippen molar-refractivity contribution in [3.8, 4) is 0 Å². The Kier molecular flexibility index (Phi) is 13.5. The van der Waals surface area contributed by atoms with Gasteiger partial charge in [-0.3, -0.25) is 14.4 Å². The fourth-order valence-electron chi connectivity index (χ4n) is 6.33. The summed E-state index contributed by atoms with van der Waals surface area (Å²) < 4.78 is 16.7. The summed E-state index contributed by atoms with van der Waals surface area (Å²) >= 11 is 0. The number of nitrogens with one attached hydrogen (secondary N) is 2.